The van der Waals surface area contributed by atoms with E-state index in [1.54, 1.807) is 22.9 Å². The number of rotatable bonds is 4. The highest BCUT2D eigenvalue weighted by molar-refractivity contribution is 5.93. The first-order valence-corrected chi connectivity index (χ1v) is 10.1. The second-order valence-electron chi connectivity index (χ2n) is 7.13. The van der Waals surface area contributed by atoms with E-state index in [-0.39, 0.29) is 12.0 Å². The highest BCUT2D eigenvalue weighted by Crippen LogP contribution is 2.27. The van der Waals surface area contributed by atoms with Crippen molar-refractivity contribution in [1.82, 2.24) is 14.8 Å². The number of hydrogen-bond donors (Lipinski definition) is 0. The van der Waals surface area contributed by atoms with E-state index in [4.69, 9.17) is 4.74 Å². The SMILES string of the molecule is CCOC(=O)N1CCN(C(=O)c2cc(N3CCCCC3CC)ccn2)CC1. The van der Waals surface area contributed by atoms with Crippen LogP contribution >= 0.6 is 0 Å². The molecule has 2 fully saturated rings. The van der Waals surface area contributed by atoms with Crippen LogP contribution in [0.4, 0.5) is 10.5 Å². The summed E-state index contributed by atoms with van der Waals surface area (Å²) in [6.07, 6.45) is 6.22. The third kappa shape index (κ3) is 4.51. The largest absolute Gasteiger partial charge is 0.450 e. The van der Waals surface area contributed by atoms with Gasteiger partial charge >= 0.3 is 6.09 Å². The van der Waals surface area contributed by atoms with Crippen LogP contribution in [0.2, 0.25) is 0 Å². The van der Waals surface area contributed by atoms with Gasteiger partial charge in [-0.05, 0) is 44.7 Å². The Morgan fingerprint density at radius 1 is 1.11 bits per heavy atom. The Hall–Kier alpha value is -2.31. The molecule has 27 heavy (non-hydrogen) atoms. The Morgan fingerprint density at radius 3 is 2.56 bits per heavy atom. The van der Waals surface area contributed by atoms with Gasteiger partial charge < -0.3 is 19.4 Å². The zero-order valence-corrected chi connectivity index (χ0v) is 16.4. The smallest absolute Gasteiger partial charge is 0.409 e. The highest BCUT2D eigenvalue weighted by Gasteiger charge is 2.27. The average molecular weight is 374 g/mol. The van der Waals surface area contributed by atoms with E-state index in [0.29, 0.717) is 44.5 Å². The maximum absolute atomic E-state index is 12.9. The molecule has 2 aliphatic heterocycles. The van der Waals surface area contributed by atoms with Crippen LogP contribution in [0.15, 0.2) is 18.3 Å². The lowest BCUT2D eigenvalue weighted by molar-refractivity contribution is 0.0566. The Bertz CT molecular complexity index is 658. The zero-order valence-electron chi connectivity index (χ0n) is 16.4. The summed E-state index contributed by atoms with van der Waals surface area (Å²) < 4.78 is 5.03. The Labute approximate surface area is 161 Å². The molecule has 3 rings (SSSR count). The molecule has 3 heterocycles. The normalized spacial score (nSPS) is 20.5. The van der Waals surface area contributed by atoms with Crippen molar-refractivity contribution < 1.29 is 14.3 Å². The molecule has 1 aromatic heterocycles. The summed E-state index contributed by atoms with van der Waals surface area (Å²) in [5, 5.41) is 0. The number of anilines is 1. The molecule has 148 valence electrons. The zero-order chi connectivity index (χ0) is 19.2. The highest BCUT2D eigenvalue weighted by atomic mass is 16.6. The summed E-state index contributed by atoms with van der Waals surface area (Å²) in [6.45, 7) is 7.41. The molecular formula is C20H30N4O3. The molecular weight excluding hydrogens is 344 g/mol. The molecule has 0 saturated carbocycles. The summed E-state index contributed by atoms with van der Waals surface area (Å²) in [7, 11) is 0. The molecule has 1 atom stereocenters. The molecule has 1 unspecified atom stereocenters. The fourth-order valence-electron chi connectivity index (χ4n) is 3.95. The van der Waals surface area contributed by atoms with Crippen LogP contribution in [0.25, 0.3) is 0 Å². The number of nitrogens with zero attached hydrogens (tertiary/aromatic N) is 4. The first-order chi connectivity index (χ1) is 13.1. The molecule has 0 radical (unpaired) electrons. The molecule has 0 aliphatic carbocycles. The van der Waals surface area contributed by atoms with Crippen molar-refractivity contribution in [2.75, 3.05) is 44.2 Å². The molecule has 1 aromatic rings. The first-order valence-electron chi connectivity index (χ1n) is 10.1. The number of aromatic nitrogens is 1. The number of carbonyl (C=O) groups excluding carboxylic acids is 2. The summed E-state index contributed by atoms with van der Waals surface area (Å²) in [5.41, 5.74) is 1.57. The molecule has 2 aliphatic rings. The summed E-state index contributed by atoms with van der Waals surface area (Å²) >= 11 is 0. The minimum absolute atomic E-state index is 0.0644. The predicted molar refractivity (Wildman–Crippen MR) is 104 cm³/mol. The van der Waals surface area contributed by atoms with Gasteiger partial charge in [-0.2, -0.15) is 0 Å². The number of carbonyl (C=O) groups is 2. The van der Waals surface area contributed by atoms with Crippen LogP contribution in [0.1, 0.15) is 50.0 Å². The fraction of sp³-hybridized carbons (Fsp3) is 0.650. The Kier molecular flexibility index (Phi) is 6.53. The molecule has 2 amide bonds. The van der Waals surface area contributed by atoms with Gasteiger partial charge in [-0.25, -0.2) is 4.79 Å². The van der Waals surface area contributed by atoms with Crippen molar-refractivity contribution in [2.24, 2.45) is 0 Å². The van der Waals surface area contributed by atoms with Gasteiger partial charge in [-0.15, -0.1) is 0 Å². The van der Waals surface area contributed by atoms with Gasteiger partial charge in [-0.1, -0.05) is 6.92 Å². The van der Waals surface area contributed by atoms with E-state index in [1.165, 1.54) is 19.3 Å². The van der Waals surface area contributed by atoms with E-state index in [1.807, 2.05) is 12.1 Å². The fourth-order valence-corrected chi connectivity index (χ4v) is 3.95. The van der Waals surface area contributed by atoms with Crippen molar-refractivity contribution in [3.8, 4) is 0 Å². The quantitative estimate of drug-likeness (QED) is 0.811. The first kappa shape index (κ1) is 19.5. The van der Waals surface area contributed by atoms with Crippen molar-refractivity contribution in [3.63, 3.8) is 0 Å². The van der Waals surface area contributed by atoms with Crippen molar-refractivity contribution in [2.45, 2.75) is 45.6 Å². The van der Waals surface area contributed by atoms with Crippen LogP contribution in [-0.2, 0) is 4.74 Å². The molecule has 7 nitrogen and oxygen atoms in total. The number of ether oxygens (including phenoxy) is 1. The number of hydrogen-bond acceptors (Lipinski definition) is 5. The second-order valence-corrected chi connectivity index (χ2v) is 7.13. The lowest BCUT2D eigenvalue weighted by Gasteiger charge is -2.37. The molecule has 0 bridgehead atoms. The van der Waals surface area contributed by atoms with Crippen LogP contribution in [-0.4, -0.2) is 72.2 Å². The second kappa shape index (κ2) is 9.06. The summed E-state index contributed by atoms with van der Waals surface area (Å²) in [6, 6.07) is 4.47. The molecule has 0 N–H and O–H groups in total. The Balaban J connectivity index is 1.65. The van der Waals surface area contributed by atoms with Crippen molar-refractivity contribution in [3.05, 3.63) is 24.0 Å². The molecule has 2 saturated heterocycles. The number of piperidine rings is 1. The maximum Gasteiger partial charge on any atom is 0.409 e. The van der Waals surface area contributed by atoms with Gasteiger partial charge in [0.25, 0.3) is 5.91 Å². The van der Waals surface area contributed by atoms with E-state index >= 15 is 0 Å². The Morgan fingerprint density at radius 2 is 1.85 bits per heavy atom. The lowest BCUT2D eigenvalue weighted by atomic mass is 9.99. The van der Waals surface area contributed by atoms with Crippen molar-refractivity contribution >= 4 is 17.7 Å². The minimum atomic E-state index is -0.305. The third-order valence-corrected chi connectivity index (χ3v) is 5.49. The lowest BCUT2D eigenvalue weighted by Crippen LogP contribution is -2.50. The molecule has 7 heteroatoms. The van der Waals surface area contributed by atoms with Crippen LogP contribution < -0.4 is 4.90 Å². The van der Waals surface area contributed by atoms with E-state index in [0.717, 1.165) is 18.7 Å². The maximum atomic E-state index is 12.9. The third-order valence-electron chi connectivity index (χ3n) is 5.49. The van der Waals surface area contributed by atoms with Crippen molar-refractivity contribution in [1.29, 1.82) is 0 Å². The van der Waals surface area contributed by atoms with Crippen LogP contribution in [0.3, 0.4) is 0 Å². The van der Waals surface area contributed by atoms with Gasteiger partial charge in [-0.3, -0.25) is 9.78 Å². The topological polar surface area (TPSA) is 66.0 Å². The van der Waals surface area contributed by atoms with Gasteiger partial charge in [0.1, 0.15) is 5.69 Å². The number of amides is 2. The van der Waals surface area contributed by atoms with Gasteiger partial charge in [0.2, 0.25) is 0 Å². The summed E-state index contributed by atoms with van der Waals surface area (Å²) in [5.74, 6) is -0.0644. The number of piperazine rings is 1. The predicted octanol–water partition coefficient (Wildman–Crippen LogP) is 2.76. The van der Waals surface area contributed by atoms with Gasteiger partial charge in [0.15, 0.2) is 0 Å². The molecule has 0 spiro atoms. The standard InChI is InChI=1S/C20H30N4O3/c1-3-16-7-5-6-10-24(16)17-8-9-21-18(15-17)19(25)22-11-13-23(14-12-22)20(26)27-4-2/h8-9,15-16H,3-7,10-14H2,1-2H3. The van der Waals surface area contributed by atoms with Gasteiger partial charge in [0, 0.05) is 50.6 Å². The van der Waals surface area contributed by atoms with E-state index in [9.17, 15) is 9.59 Å². The van der Waals surface area contributed by atoms with E-state index < -0.39 is 0 Å². The van der Waals surface area contributed by atoms with Gasteiger partial charge in [0.05, 0.1) is 6.61 Å². The number of pyridine rings is 1. The van der Waals surface area contributed by atoms with Crippen LogP contribution in [0.5, 0.6) is 0 Å². The summed E-state index contributed by atoms with van der Waals surface area (Å²) in [4.78, 5) is 34.9. The monoisotopic (exact) mass is 374 g/mol. The minimum Gasteiger partial charge on any atom is -0.450 e. The molecule has 0 aromatic carbocycles. The van der Waals surface area contributed by atoms with E-state index in [2.05, 4.69) is 16.8 Å². The van der Waals surface area contributed by atoms with Crippen LogP contribution in [0, 0.1) is 0 Å². The average Bonchev–Trinajstić information content (AvgIpc) is 2.73.